The molecule has 11 heteroatoms. The quantitative estimate of drug-likeness (QED) is 0.396. The second-order valence-electron chi connectivity index (χ2n) is 7.52. The number of aryl methyl sites for hydroxylation is 1. The Morgan fingerprint density at radius 1 is 1.27 bits per heavy atom. The van der Waals surface area contributed by atoms with Crippen molar-refractivity contribution in [3.63, 3.8) is 0 Å². The van der Waals surface area contributed by atoms with Crippen molar-refractivity contribution in [1.82, 2.24) is 30.2 Å². The second kappa shape index (κ2) is 11.2. The summed E-state index contributed by atoms with van der Waals surface area (Å²) in [5.41, 5.74) is 3.80. The average Bonchev–Trinajstić information content (AvgIpc) is 3.52. The van der Waals surface area contributed by atoms with Crippen LogP contribution >= 0.6 is 11.6 Å². The number of nitrogens with zero attached hydrogens (tertiary/aromatic N) is 5. The number of nitrogens with one attached hydrogen (secondary N) is 2. The third-order valence-corrected chi connectivity index (χ3v) is 5.58. The summed E-state index contributed by atoms with van der Waals surface area (Å²) in [5, 5.41) is 14.7. The molecule has 174 valence electrons. The van der Waals surface area contributed by atoms with Gasteiger partial charge in [-0.3, -0.25) is 4.79 Å². The van der Waals surface area contributed by atoms with Crippen molar-refractivity contribution < 1.29 is 26.8 Å². The number of rotatable bonds is 9. The van der Waals surface area contributed by atoms with E-state index in [9.17, 15) is 4.79 Å². The van der Waals surface area contributed by atoms with E-state index in [0.29, 0.717) is 23.2 Å². The molecule has 1 aliphatic rings. The van der Waals surface area contributed by atoms with Gasteiger partial charge >= 0.3 is 5.97 Å². The Hall–Kier alpha value is -3.01. The zero-order chi connectivity index (χ0) is 22.5. The SMILES string of the molecule is CCCCc1nc(Cl)c(COC(C)=O)n1Cc1ccc([NH+]2C=CC=C2c2nn[nH]n2)cc1.[Cl-]. The minimum Gasteiger partial charge on any atom is -1.00 e. The predicted molar refractivity (Wildman–Crippen MR) is 119 cm³/mol. The Kier molecular flexibility index (Phi) is 8.37. The first-order chi connectivity index (χ1) is 15.6. The molecule has 0 saturated heterocycles. The number of tetrazole rings is 1. The molecule has 2 N–H and O–H groups in total. The molecule has 0 saturated carbocycles. The molecular formula is C22H25Cl2N7O2. The molecule has 1 atom stereocenters. The molecule has 3 heterocycles. The van der Waals surface area contributed by atoms with Crippen LogP contribution in [-0.2, 0) is 29.1 Å². The smallest absolute Gasteiger partial charge is 0.303 e. The van der Waals surface area contributed by atoms with Gasteiger partial charge < -0.3 is 21.7 Å². The number of imidazole rings is 1. The van der Waals surface area contributed by atoms with Crippen LogP contribution in [0.1, 0.15) is 49.6 Å². The number of aromatic nitrogens is 6. The summed E-state index contributed by atoms with van der Waals surface area (Å²) in [5.74, 6) is 1.12. The van der Waals surface area contributed by atoms with Gasteiger partial charge in [-0.1, -0.05) is 37.1 Å². The number of hydrogen-bond acceptors (Lipinski definition) is 6. The number of benzene rings is 1. The van der Waals surface area contributed by atoms with Crippen molar-refractivity contribution in [2.24, 2.45) is 0 Å². The van der Waals surface area contributed by atoms with E-state index in [1.807, 2.05) is 18.4 Å². The summed E-state index contributed by atoms with van der Waals surface area (Å²) >= 11 is 6.40. The molecule has 1 aliphatic heterocycles. The molecule has 3 aromatic rings. The molecule has 0 bridgehead atoms. The van der Waals surface area contributed by atoms with E-state index in [1.165, 1.54) is 6.92 Å². The standard InChI is InChI=1S/C22H24ClN7O2.ClH/c1-3-4-7-20-24-21(23)19(14-32-15(2)31)30(20)13-16-8-10-17(11-9-16)29-12-5-6-18(29)22-25-27-28-26-22;/h5-6,8-12H,3-4,7,13-14H2,1-2H3,(H,25,26,27,28);1H. The van der Waals surface area contributed by atoms with E-state index in [0.717, 1.165) is 46.9 Å². The number of esters is 1. The van der Waals surface area contributed by atoms with Crippen molar-refractivity contribution in [2.75, 3.05) is 0 Å². The maximum atomic E-state index is 11.3. The minimum absolute atomic E-state index is 0. The van der Waals surface area contributed by atoms with Crippen LogP contribution in [0, 0.1) is 0 Å². The van der Waals surface area contributed by atoms with Crippen LogP contribution < -0.4 is 17.3 Å². The third kappa shape index (κ3) is 5.68. The van der Waals surface area contributed by atoms with Crippen molar-refractivity contribution in [1.29, 1.82) is 0 Å². The second-order valence-corrected chi connectivity index (χ2v) is 7.88. The topological polar surface area (TPSA) is 103 Å². The van der Waals surface area contributed by atoms with Gasteiger partial charge in [-0.2, -0.15) is 5.21 Å². The fourth-order valence-corrected chi connectivity index (χ4v) is 3.89. The summed E-state index contributed by atoms with van der Waals surface area (Å²) in [6.07, 6.45) is 8.87. The normalized spacial score (nSPS) is 14.8. The first-order valence-corrected chi connectivity index (χ1v) is 10.9. The van der Waals surface area contributed by atoms with Crippen LogP contribution in [-0.4, -0.2) is 36.1 Å². The minimum atomic E-state index is -0.347. The van der Waals surface area contributed by atoms with Crippen molar-refractivity contribution in [2.45, 2.75) is 46.3 Å². The van der Waals surface area contributed by atoms with Crippen LogP contribution in [0.2, 0.25) is 5.15 Å². The van der Waals surface area contributed by atoms with Crippen molar-refractivity contribution in [3.8, 4) is 0 Å². The number of unbranched alkanes of at least 4 members (excludes halogenated alkanes) is 1. The lowest BCUT2D eigenvalue weighted by molar-refractivity contribution is -0.686. The van der Waals surface area contributed by atoms with Gasteiger partial charge in [0.15, 0.2) is 10.9 Å². The lowest BCUT2D eigenvalue weighted by Crippen LogP contribution is -3.00. The van der Waals surface area contributed by atoms with Gasteiger partial charge in [-0.15, -0.1) is 10.2 Å². The average molecular weight is 490 g/mol. The van der Waals surface area contributed by atoms with Gasteiger partial charge in [0, 0.05) is 38.1 Å². The molecule has 1 unspecified atom stereocenters. The molecular weight excluding hydrogens is 465 g/mol. The Labute approximate surface area is 202 Å². The van der Waals surface area contributed by atoms with Crippen LogP contribution in [0.3, 0.4) is 0 Å². The highest BCUT2D eigenvalue weighted by molar-refractivity contribution is 6.30. The highest BCUT2D eigenvalue weighted by atomic mass is 35.5. The first kappa shape index (κ1) is 24.6. The van der Waals surface area contributed by atoms with E-state index >= 15 is 0 Å². The van der Waals surface area contributed by atoms with E-state index in [1.54, 1.807) is 0 Å². The Morgan fingerprint density at radius 3 is 2.73 bits per heavy atom. The summed E-state index contributed by atoms with van der Waals surface area (Å²) in [4.78, 5) is 16.9. The molecule has 9 nitrogen and oxygen atoms in total. The maximum Gasteiger partial charge on any atom is 0.303 e. The lowest BCUT2D eigenvalue weighted by Gasteiger charge is -2.14. The van der Waals surface area contributed by atoms with Crippen molar-refractivity contribution >= 4 is 29.0 Å². The third-order valence-electron chi connectivity index (χ3n) is 5.28. The van der Waals surface area contributed by atoms with Gasteiger partial charge in [-0.05, 0) is 23.3 Å². The number of allylic oxidation sites excluding steroid dienone is 2. The van der Waals surface area contributed by atoms with Crippen LogP contribution in [0.5, 0.6) is 0 Å². The predicted octanol–water partition coefficient (Wildman–Crippen LogP) is -0.408. The Balaban J connectivity index is 0.00000306. The Morgan fingerprint density at radius 2 is 2.06 bits per heavy atom. The fourth-order valence-electron chi connectivity index (χ4n) is 3.64. The molecule has 2 aromatic heterocycles. The molecule has 1 aromatic carbocycles. The monoisotopic (exact) mass is 489 g/mol. The largest absolute Gasteiger partial charge is 1.00 e. The van der Waals surface area contributed by atoms with E-state index < -0.39 is 0 Å². The van der Waals surface area contributed by atoms with E-state index in [2.05, 4.69) is 61.4 Å². The molecule has 0 fully saturated rings. The van der Waals surface area contributed by atoms with Crippen LogP contribution in [0.4, 0.5) is 5.69 Å². The van der Waals surface area contributed by atoms with Crippen molar-refractivity contribution in [3.05, 3.63) is 70.7 Å². The molecule has 4 rings (SSSR count). The fraction of sp³-hybridized carbons (Fsp3) is 0.318. The number of carbonyl (C=O) groups is 1. The summed E-state index contributed by atoms with van der Waals surface area (Å²) in [6.45, 7) is 4.22. The number of hydrogen-bond donors (Lipinski definition) is 2. The number of halogens is 2. The number of quaternary nitrogens is 1. The molecule has 0 amide bonds. The lowest BCUT2D eigenvalue weighted by atomic mass is 10.1. The van der Waals surface area contributed by atoms with Gasteiger partial charge in [-0.25, -0.2) is 9.88 Å². The maximum absolute atomic E-state index is 11.3. The Bertz CT molecular complexity index is 1140. The highest BCUT2D eigenvalue weighted by Gasteiger charge is 2.25. The molecule has 0 spiro atoms. The zero-order valence-electron chi connectivity index (χ0n) is 18.4. The molecule has 0 radical (unpaired) electrons. The van der Waals surface area contributed by atoms with Gasteiger partial charge in [0.1, 0.15) is 24.3 Å². The first-order valence-electron chi connectivity index (χ1n) is 10.5. The number of aromatic amines is 1. The van der Waals surface area contributed by atoms with Gasteiger partial charge in [0.25, 0.3) is 5.82 Å². The summed E-state index contributed by atoms with van der Waals surface area (Å²) in [7, 11) is 0. The van der Waals surface area contributed by atoms with E-state index in [-0.39, 0.29) is 25.0 Å². The summed E-state index contributed by atoms with van der Waals surface area (Å²) < 4.78 is 7.28. The van der Waals surface area contributed by atoms with Crippen LogP contribution in [0.25, 0.3) is 5.70 Å². The van der Waals surface area contributed by atoms with Gasteiger partial charge in [0.2, 0.25) is 0 Å². The van der Waals surface area contributed by atoms with Crippen LogP contribution in [0.15, 0.2) is 42.6 Å². The molecule has 0 aliphatic carbocycles. The number of H-pyrrole nitrogens is 1. The zero-order valence-corrected chi connectivity index (χ0v) is 19.9. The number of ether oxygens (including phenoxy) is 1. The van der Waals surface area contributed by atoms with E-state index in [4.69, 9.17) is 16.3 Å². The number of carbonyl (C=O) groups excluding carboxylic acids is 1. The van der Waals surface area contributed by atoms with Gasteiger partial charge in [0.05, 0.1) is 5.69 Å². The summed E-state index contributed by atoms with van der Waals surface area (Å²) in [6, 6.07) is 8.30. The molecule has 33 heavy (non-hydrogen) atoms. The highest BCUT2D eigenvalue weighted by Crippen LogP contribution is 2.22.